The summed E-state index contributed by atoms with van der Waals surface area (Å²) < 4.78 is 32.6. The van der Waals surface area contributed by atoms with E-state index in [1.165, 1.54) is 10.4 Å². The third-order valence-electron chi connectivity index (χ3n) is 5.43. The number of hydrogen-bond acceptors (Lipinski definition) is 6. The van der Waals surface area contributed by atoms with Gasteiger partial charge in [-0.2, -0.15) is 4.31 Å². The predicted octanol–water partition coefficient (Wildman–Crippen LogP) is 4.25. The molecule has 3 rings (SSSR count). The van der Waals surface area contributed by atoms with E-state index < -0.39 is 16.0 Å². The average Bonchev–Trinajstić information content (AvgIpc) is 3.21. The number of anilines is 1. The SMILES string of the molecule is CCOC(=O)c1ccc(NC(=O)[C@H](C)C2CCN(S(=O)(=O)c3ccc(Cl)s3)CC2)cc1. The van der Waals surface area contributed by atoms with Gasteiger partial charge in [0.1, 0.15) is 4.21 Å². The molecule has 0 bridgehead atoms. The molecule has 1 N–H and O–H groups in total. The first-order chi connectivity index (χ1) is 14.7. The van der Waals surface area contributed by atoms with Crippen molar-refractivity contribution in [2.75, 3.05) is 25.0 Å². The van der Waals surface area contributed by atoms with Crippen molar-refractivity contribution in [1.29, 1.82) is 0 Å². The van der Waals surface area contributed by atoms with Crippen LogP contribution < -0.4 is 5.32 Å². The van der Waals surface area contributed by atoms with Crippen LogP contribution in [-0.2, 0) is 19.6 Å². The molecule has 1 saturated heterocycles. The average molecular weight is 485 g/mol. The summed E-state index contributed by atoms with van der Waals surface area (Å²) in [5, 5.41) is 2.87. The van der Waals surface area contributed by atoms with Crippen LogP contribution >= 0.6 is 22.9 Å². The lowest BCUT2D eigenvalue weighted by Gasteiger charge is -2.33. The predicted molar refractivity (Wildman–Crippen MR) is 121 cm³/mol. The van der Waals surface area contributed by atoms with Crippen LogP contribution in [0.25, 0.3) is 0 Å². The highest BCUT2D eigenvalue weighted by atomic mass is 35.5. The molecule has 31 heavy (non-hydrogen) atoms. The van der Waals surface area contributed by atoms with Crippen molar-refractivity contribution in [3.8, 4) is 0 Å². The van der Waals surface area contributed by atoms with Gasteiger partial charge >= 0.3 is 5.97 Å². The zero-order valence-electron chi connectivity index (χ0n) is 17.3. The molecule has 0 spiro atoms. The summed E-state index contributed by atoms with van der Waals surface area (Å²) in [5.74, 6) is -0.724. The zero-order chi connectivity index (χ0) is 22.6. The number of esters is 1. The summed E-state index contributed by atoms with van der Waals surface area (Å²) in [6, 6.07) is 9.66. The highest BCUT2D eigenvalue weighted by molar-refractivity contribution is 7.91. The van der Waals surface area contributed by atoms with Crippen molar-refractivity contribution < 1.29 is 22.7 Å². The highest BCUT2D eigenvalue weighted by Crippen LogP contribution is 2.32. The number of amides is 1. The number of piperidine rings is 1. The fourth-order valence-electron chi connectivity index (χ4n) is 3.55. The van der Waals surface area contributed by atoms with Gasteiger partial charge in [-0.1, -0.05) is 18.5 Å². The highest BCUT2D eigenvalue weighted by Gasteiger charge is 2.34. The summed E-state index contributed by atoms with van der Waals surface area (Å²) in [7, 11) is -3.55. The maximum absolute atomic E-state index is 12.7. The minimum absolute atomic E-state index is 0.0807. The van der Waals surface area contributed by atoms with Crippen LogP contribution in [0.1, 0.15) is 37.0 Å². The lowest BCUT2D eigenvalue weighted by Crippen LogP contribution is -2.41. The second-order valence-corrected chi connectivity index (χ2v) is 11.3. The summed E-state index contributed by atoms with van der Waals surface area (Å²) in [6.45, 7) is 4.64. The van der Waals surface area contributed by atoms with Crippen LogP contribution in [0.2, 0.25) is 4.34 Å². The first kappa shape index (κ1) is 23.7. The quantitative estimate of drug-likeness (QED) is 0.593. The Morgan fingerprint density at radius 1 is 1.19 bits per heavy atom. The van der Waals surface area contributed by atoms with E-state index in [4.69, 9.17) is 16.3 Å². The molecule has 1 fully saturated rings. The maximum atomic E-state index is 12.7. The lowest BCUT2D eigenvalue weighted by atomic mass is 9.85. The molecule has 1 aromatic carbocycles. The van der Waals surface area contributed by atoms with Gasteiger partial charge in [0.25, 0.3) is 10.0 Å². The molecule has 0 unspecified atom stereocenters. The second-order valence-electron chi connectivity index (χ2n) is 7.38. The molecule has 0 radical (unpaired) electrons. The molecule has 2 heterocycles. The van der Waals surface area contributed by atoms with Crippen LogP contribution in [0, 0.1) is 11.8 Å². The standard InChI is InChI=1S/C21H25ClN2O5S2/c1-3-29-21(26)16-4-6-17(7-5-16)23-20(25)14(2)15-10-12-24(13-11-15)31(27,28)19-9-8-18(22)30-19/h4-9,14-15H,3,10-13H2,1-2H3,(H,23,25)/t14-/m1/s1. The molecule has 0 aliphatic carbocycles. The Balaban J connectivity index is 1.55. The molecule has 1 aliphatic rings. The number of nitrogens with one attached hydrogen (secondary N) is 1. The number of hydrogen-bond donors (Lipinski definition) is 1. The van der Waals surface area contributed by atoms with Gasteiger partial charge in [-0.15, -0.1) is 11.3 Å². The second kappa shape index (κ2) is 10.1. The third kappa shape index (κ3) is 5.65. The monoisotopic (exact) mass is 484 g/mol. The van der Waals surface area contributed by atoms with Crippen LogP contribution in [0.4, 0.5) is 5.69 Å². The molecule has 168 valence electrons. The molecule has 2 aromatic rings. The van der Waals surface area contributed by atoms with E-state index in [2.05, 4.69) is 5.32 Å². The maximum Gasteiger partial charge on any atom is 0.338 e. The van der Waals surface area contributed by atoms with E-state index in [1.54, 1.807) is 37.3 Å². The van der Waals surface area contributed by atoms with Gasteiger partial charge in [-0.05, 0) is 62.1 Å². The number of benzene rings is 1. The van der Waals surface area contributed by atoms with E-state index in [0.717, 1.165) is 11.3 Å². The Hall–Kier alpha value is -1.94. The number of rotatable bonds is 7. The van der Waals surface area contributed by atoms with Gasteiger partial charge in [0.05, 0.1) is 16.5 Å². The smallest absolute Gasteiger partial charge is 0.338 e. The molecule has 1 aliphatic heterocycles. The van der Waals surface area contributed by atoms with E-state index in [9.17, 15) is 18.0 Å². The van der Waals surface area contributed by atoms with Gasteiger partial charge in [0.15, 0.2) is 0 Å². The Morgan fingerprint density at radius 3 is 2.39 bits per heavy atom. The molecule has 1 amide bonds. The molecule has 1 atom stereocenters. The first-order valence-electron chi connectivity index (χ1n) is 10.1. The topological polar surface area (TPSA) is 92.8 Å². The van der Waals surface area contributed by atoms with Crippen molar-refractivity contribution in [2.45, 2.75) is 30.9 Å². The van der Waals surface area contributed by atoms with Crippen LogP contribution in [-0.4, -0.2) is 44.3 Å². The van der Waals surface area contributed by atoms with Gasteiger partial charge in [-0.3, -0.25) is 4.79 Å². The molecular formula is C21H25ClN2O5S2. The third-order valence-corrected chi connectivity index (χ3v) is 9.02. The van der Waals surface area contributed by atoms with E-state index in [1.807, 2.05) is 6.92 Å². The summed E-state index contributed by atoms with van der Waals surface area (Å²) in [4.78, 5) is 24.4. The van der Waals surface area contributed by atoms with Gasteiger partial charge in [0.2, 0.25) is 5.91 Å². The van der Waals surface area contributed by atoms with Crippen molar-refractivity contribution in [3.63, 3.8) is 0 Å². The number of thiophene rings is 1. The van der Waals surface area contributed by atoms with Crippen molar-refractivity contribution in [1.82, 2.24) is 4.31 Å². The van der Waals surface area contributed by atoms with E-state index >= 15 is 0 Å². The number of ether oxygens (including phenoxy) is 1. The van der Waals surface area contributed by atoms with Crippen molar-refractivity contribution in [2.24, 2.45) is 11.8 Å². The summed E-state index contributed by atoms with van der Waals surface area (Å²) in [5.41, 5.74) is 1.02. The Labute approximate surface area is 191 Å². The van der Waals surface area contributed by atoms with Crippen LogP contribution in [0.5, 0.6) is 0 Å². The van der Waals surface area contributed by atoms with Crippen molar-refractivity contribution in [3.05, 3.63) is 46.3 Å². The number of carbonyl (C=O) groups is 2. The Bertz CT molecular complexity index is 1030. The molecular weight excluding hydrogens is 460 g/mol. The fourth-order valence-corrected chi connectivity index (χ4v) is 6.66. The van der Waals surface area contributed by atoms with Crippen LogP contribution in [0.3, 0.4) is 0 Å². The number of sulfonamides is 1. The number of nitrogens with zero attached hydrogens (tertiary/aromatic N) is 1. The number of carbonyl (C=O) groups excluding carboxylic acids is 2. The Kier molecular flexibility index (Phi) is 7.74. The lowest BCUT2D eigenvalue weighted by molar-refractivity contribution is -0.121. The molecule has 7 nitrogen and oxygen atoms in total. The van der Waals surface area contributed by atoms with Gasteiger partial charge in [-0.25, -0.2) is 13.2 Å². The van der Waals surface area contributed by atoms with Gasteiger partial charge in [0, 0.05) is 24.7 Å². The summed E-state index contributed by atoms with van der Waals surface area (Å²) in [6.07, 6.45) is 1.21. The molecule has 0 saturated carbocycles. The minimum atomic E-state index is -3.55. The van der Waals surface area contributed by atoms with E-state index in [0.29, 0.717) is 48.1 Å². The normalized spacial score (nSPS) is 16.6. The van der Waals surface area contributed by atoms with Crippen LogP contribution in [0.15, 0.2) is 40.6 Å². The zero-order valence-corrected chi connectivity index (χ0v) is 19.7. The minimum Gasteiger partial charge on any atom is -0.462 e. The number of halogens is 1. The fraction of sp³-hybridized carbons (Fsp3) is 0.429. The first-order valence-corrected chi connectivity index (χ1v) is 12.7. The van der Waals surface area contributed by atoms with Gasteiger partial charge < -0.3 is 10.1 Å². The summed E-state index contributed by atoms with van der Waals surface area (Å²) >= 11 is 6.93. The Morgan fingerprint density at radius 2 is 1.84 bits per heavy atom. The molecule has 1 aromatic heterocycles. The van der Waals surface area contributed by atoms with E-state index in [-0.39, 0.29) is 22.0 Å². The largest absolute Gasteiger partial charge is 0.462 e. The van der Waals surface area contributed by atoms with Crippen molar-refractivity contribution >= 4 is 50.5 Å². The molecule has 10 heteroatoms.